The second-order valence-corrected chi connectivity index (χ2v) is 5.62. The molecule has 2 aromatic heterocycles. The molecule has 2 heterocycles. The number of hydrogen-bond donors (Lipinski definition) is 3. The van der Waals surface area contributed by atoms with Gasteiger partial charge in [-0.15, -0.1) is 10.2 Å². The Hall–Kier alpha value is -3.06. The number of hydrogen-bond acceptors (Lipinski definition) is 4. The summed E-state index contributed by atoms with van der Waals surface area (Å²) >= 11 is 5.87. The largest absolute Gasteiger partial charge is 0.367 e. The Labute approximate surface area is 150 Å². The SMILES string of the molecule is O=C(NCCNc1ccc(-n2cccc2)nn1)Nc1cccc(Cl)c1. The molecular formula is C17H17ClN6O. The Kier molecular flexibility index (Phi) is 5.48. The molecule has 0 fully saturated rings. The van der Waals surface area contributed by atoms with Gasteiger partial charge in [0.2, 0.25) is 0 Å². The van der Waals surface area contributed by atoms with E-state index in [1.807, 2.05) is 41.2 Å². The predicted octanol–water partition coefficient (Wildman–Crippen LogP) is 3.15. The molecule has 1 aromatic carbocycles. The fraction of sp³-hybridized carbons (Fsp3) is 0.118. The van der Waals surface area contributed by atoms with E-state index in [0.29, 0.717) is 29.6 Å². The molecule has 0 aliphatic carbocycles. The molecule has 2 amide bonds. The first kappa shape index (κ1) is 16.8. The van der Waals surface area contributed by atoms with Crippen LogP contribution in [0.1, 0.15) is 0 Å². The van der Waals surface area contributed by atoms with Crippen LogP contribution in [0, 0.1) is 0 Å². The summed E-state index contributed by atoms with van der Waals surface area (Å²) < 4.78 is 1.87. The lowest BCUT2D eigenvalue weighted by atomic mass is 10.3. The van der Waals surface area contributed by atoms with Gasteiger partial charge in [-0.05, 0) is 42.5 Å². The van der Waals surface area contributed by atoms with Crippen molar-refractivity contribution < 1.29 is 4.79 Å². The van der Waals surface area contributed by atoms with Crippen molar-refractivity contribution in [3.8, 4) is 5.82 Å². The molecule has 0 atom stereocenters. The van der Waals surface area contributed by atoms with Crippen LogP contribution in [0.3, 0.4) is 0 Å². The van der Waals surface area contributed by atoms with Crippen molar-refractivity contribution in [2.24, 2.45) is 0 Å². The molecule has 0 aliphatic heterocycles. The third-order valence-corrected chi connectivity index (χ3v) is 3.55. The first-order valence-electron chi connectivity index (χ1n) is 7.72. The number of carbonyl (C=O) groups is 1. The summed E-state index contributed by atoms with van der Waals surface area (Å²) in [6.45, 7) is 0.966. The zero-order valence-corrected chi connectivity index (χ0v) is 14.1. The maximum Gasteiger partial charge on any atom is 0.319 e. The Morgan fingerprint density at radius 3 is 2.60 bits per heavy atom. The number of nitrogens with one attached hydrogen (secondary N) is 3. The monoisotopic (exact) mass is 356 g/mol. The van der Waals surface area contributed by atoms with E-state index in [4.69, 9.17) is 11.6 Å². The lowest BCUT2D eigenvalue weighted by molar-refractivity contribution is 0.252. The lowest BCUT2D eigenvalue weighted by Gasteiger charge is -2.09. The van der Waals surface area contributed by atoms with Crippen molar-refractivity contribution in [3.63, 3.8) is 0 Å². The van der Waals surface area contributed by atoms with Gasteiger partial charge in [0.05, 0.1) is 0 Å². The number of carbonyl (C=O) groups excluding carboxylic acids is 1. The number of benzene rings is 1. The van der Waals surface area contributed by atoms with E-state index < -0.39 is 0 Å². The first-order valence-corrected chi connectivity index (χ1v) is 8.10. The van der Waals surface area contributed by atoms with E-state index in [1.54, 1.807) is 24.3 Å². The molecule has 0 unspecified atom stereocenters. The second-order valence-electron chi connectivity index (χ2n) is 5.19. The maximum absolute atomic E-state index is 11.8. The van der Waals surface area contributed by atoms with Crippen molar-refractivity contribution in [2.75, 3.05) is 23.7 Å². The highest BCUT2D eigenvalue weighted by Gasteiger charge is 2.02. The van der Waals surface area contributed by atoms with Crippen LogP contribution in [0.25, 0.3) is 5.82 Å². The minimum Gasteiger partial charge on any atom is -0.367 e. The van der Waals surface area contributed by atoms with E-state index in [2.05, 4.69) is 26.1 Å². The highest BCUT2D eigenvalue weighted by Crippen LogP contribution is 2.14. The van der Waals surface area contributed by atoms with Crippen LogP contribution in [-0.2, 0) is 0 Å². The molecule has 25 heavy (non-hydrogen) atoms. The van der Waals surface area contributed by atoms with E-state index in [-0.39, 0.29) is 6.03 Å². The van der Waals surface area contributed by atoms with Gasteiger partial charge in [0.15, 0.2) is 5.82 Å². The number of rotatable bonds is 6. The van der Waals surface area contributed by atoms with Crippen LogP contribution in [0.4, 0.5) is 16.3 Å². The minimum absolute atomic E-state index is 0.293. The zero-order valence-electron chi connectivity index (χ0n) is 13.3. The number of nitrogens with zero attached hydrogens (tertiary/aromatic N) is 3. The normalized spacial score (nSPS) is 10.3. The standard InChI is InChI=1S/C17H17ClN6O/c18-13-4-3-5-14(12-13)21-17(25)20-9-8-19-15-6-7-16(23-22-15)24-10-1-2-11-24/h1-7,10-12H,8-9H2,(H,19,22)(H2,20,21,25). The van der Waals surface area contributed by atoms with Gasteiger partial charge in [-0.1, -0.05) is 17.7 Å². The lowest BCUT2D eigenvalue weighted by Crippen LogP contribution is -2.32. The van der Waals surface area contributed by atoms with Crippen molar-refractivity contribution in [1.29, 1.82) is 0 Å². The zero-order chi connectivity index (χ0) is 17.5. The number of anilines is 2. The molecule has 3 aromatic rings. The van der Waals surface area contributed by atoms with Crippen molar-refractivity contribution in [2.45, 2.75) is 0 Å². The van der Waals surface area contributed by atoms with E-state index in [0.717, 1.165) is 5.82 Å². The minimum atomic E-state index is -0.293. The molecule has 0 saturated heterocycles. The van der Waals surface area contributed by atoms with Crippen LogP contribution in [0.2, 0.25) is 5.02 Å². The van der Waals surface area contributed by atoms with Crippen LogP contribution < -0.4 is 16.0 Å². The summed E-state index contributed by atoms with van der Waals surface area (Å²) in [5.74, 6) is 1.39. The predicted molar refractivity (Wildman–Crippen MR) is 98.3 cm³/mol. The highest BCUT2D eigenvalue weighted by molar-refractivity contribution is 6.30. The highest BCUT2D eigenvalue weighted by atomic mass is 35.5. The van der Waals surface area contributed by atoms with Gasteiger partial charge >= 0.3 is 6.03 Å². The summed E-state index contributed by atoms with van der Waals surface area (Å²) in [6, 6.07) is 14.2. The number of aromatic nitrogens is 3. The third-order valence-electron chi connectivity index (χ3n) is 3.32. The van der Waals surface area contributed by atoms with Crippen molar-refractivity contribution in [1.82, 2.24) is 20.1 Å². The van der Waals surface area contributed by atoms with Gasteiger partial charge in [-0.2, -0.15) is 0 Å². The quantitative estimate of drug-likeness (QED) is 0.592. The van der Waals surface area contributed by atoms with Crippen molar-refractivity contribution in [3.05, 3.63) is 65.9 Å². The molecule has 0 radical (unpaired) electrons. The van der Waals surface area contributed by atoms with E-state index in [1.165, 1.54) is 0 Å². The Morgan fingerprint density at radius 1 is 1.04 bits per heavy atom. The molecule has 128 valence electrons. The van der Waals surface area contributed by atoms with Crippen LogP contribution >= 0.6 is 11.6 Å². The number of urea groups is 1. The second kappa shape index (κ2) is 8.16. The number of halogens is 1. The third kappa shape index (κ3) is 4.95. The van der Waals surface area contributed by atoms with Crippen LogP contribution in [-0.4, -0.2) is 33.9 Å². The smallest absolute Gasteiger partial charge is 0.319 e. The molecule has 3 N–H and O–H groups in total. The van der Waals surface area contributed by atoms with Gasteiger partial charge < -0.3 is 20.5 Å². The summed E-state index contributed by atoms with van der Waals surface area (Å²) in [6.07, 6.45) is 3.80. The first-order chi connectivity index (χ1) is 12.2. The average molecular weight is 357 g/mol. The molecule has 0 bridgehead atoms. The topological polar surface area (TPSA) is 83.9 Å². The van der Waals surface area contributed by atoms with Gasteiger partial charge in [-0.25, -0.2) is 4.79 Å². The molecule has 3 rings (SSSR count). The van der Waals surface area contributed by atoms with E-state index in [9.17, 15) is 4.79 Å². The van der Waals surface area contributed by atoms with Gasteiger partial charge in [-0.3, -0.25) is 0 Å². The molecular weight excluding hydrogens is 340 g/mol. The fourth-order valence-corrected chi connectivity index (χ4v) is 2.34. The Morgan fingerprint density at radius 2 is 1.88 bits per heavy atom. The summed E-state index contributed by atoms with van der Waals surface area (Å²) in [5.41, 5.74) is 0.643. The summed E-state index contributed by atoms with van der Waals surface area (Å²) in [7, 11) is 0. The molecule has 0 spiro atoms. The maximum atomic E-state index is 11.8. The van der Waals surface area contributed by atoms with Crippen LogP contribution in [0.15, 0.2) is 60.9 Å². The fourth-order valence-electron chi connectivity index (χ4n) is 2.15. The molecule has 0 aliphatic rings. The molecule has 0 saturated carbocycles. The van der Waals surface area contributed by atoms with Crippen molar-refractivity contribution >= 4 is 29.1 Å². The molecule has 7 nitrogen and oxygen atoms in total. The van der Waals surface area contributed by atoms with Gasteiger partial charge in [0, 0.05) is 36.2 Å². The van der Waals surface area contributed by atoms with E-state index >= 15 is 0 Å². The van der Waals surface area contributed by atoms with Crippen LogP contribution in [0.5, 0.6) is 0 Å². The molecule has 8 heteroatoms. The van der Waals surface area contributed by atoms with Gasteiger partial charge in [0.25, 0.3) is 0 Å². The summed E-state index contributed by atoms with van der Waals surface area (Å²) in [5, 5.41) is 17.4. The summed E-state index contributed by atoms with van der Waals surface area (Å²) in [4.78, 5) is 11.8. The number of amides is 2. The van der Waals surface area contributed by atoms with Gasteiger partial charge in [0.1, 0.15) is 5.82 Å². The Bertz CT molecular complexity index is 819. The average Bonchev–Trinajstić information content (AvgIpc) is 3.14. The Balaban J connectivity index is 1.40.